The van der Waals surface area contributed by atoms with Gasteiger partial charge >= 0.3 is 0 Å². The van der Waals surface area contributed by atoms with Gasteiger partial charge in [-0.2, -0.15) is 0 Å². The van der Waals surface area contributed by atoms with Gasteiger partial charge in [-0.25, -0.2) is 4.98 Å². The van der Waals surface area contributed by atoms with Crippen molar-refractivity contribution in [2.24, 2.45) is 0 Å². The molecule has 1 heterocycles. The molecule has 0 fully saturated rings. The predicted molar refractivity (Wildman–Crippen MR) is 84.0 cm³/mol. The quantitative estimate of drug-likeness (QED) is 0.781. The maximum atomic E-state index is 6.13. The number of aromatic nitrogens is 2. The van der Waals surface area contributed by atoms with E-state index in [1.165, 1.54) is 5.56 Å². The Bertz CT molecular complexity index is 734. The normalized spacial score (nSPS) is 12.7. The monoisotopic (exact) mass is 285 g/mol. The molecule has 0 saturated carbocycles. The van der Waals surface area contributed by atoms with Crippen LogP contribution in [0.4, 0.5) is 5.95 Å². The Morgan fingerprint density at radius 3 is 2.65 bits per heavy atom. The van der Waals surface area contributed by atoms with Gasteiger partial charge < -0.3 is 10.3 Å². The number of rotatable bonds is 3. The van der Waals surface area contributed by atoms with Crippen molar-refractivity contribution in [3.63, 3.8) is 0 Å². The molecular weight excluding hydrogens is 270 g/mol. The first-order chi connectivity index (χ1) is 9.70. The van der Waals surface area contributed by atoms with Crippen LogP contribution in [0.5, 0.6) is 0 Å². The average molecular weight is 286 g/mol. The topological polar surface area (TPSA) is 43.8 Å². The fraction of sp³-hybridized carbons (Fsp3) is 0.188. The summed E-state index contributed by atoms with van der Waals surface area (Å²) in [5.41, 5.74) is 9.20. The molecule has 1 atom stereocenters. The summed E-state index contributed by atoms with van der Waals surface area (Å²) < 4.78 is 2.07. The van der Waals surface area contributed by atoms with E-state index in [4.69, 9.17) is 17.3 Å². The van der Waals surface area contributed by atoms with E-state index < -0.39 is 0 Å². The molecule has 1 aromatic heterocycles. The predicted octanol–water partition coefficient (Wildman–Crippen LogP) is 4.27. The summed E-state index contributed by atoms with van der Waals surface area (Å²) in [6, 6.07) is 16.2. The van der Waals surface area contributed by atoms with E-state index in [1.807, 2.05) is 36.4 Å². The van der Waals surface area contributed by atoms with Crippen molar-refractivity contribution >= 4 is 28.6 Å². The summed E-state index contributed by atoms with van der Waals surface area (Å²) >= 11 is 6.11. The zero-order valence-corrected chi connectivity index (χ0v) is 12.0. The first-order valence-corrected chi connectivity index (χ1v) is 7.06. The molecule has 102 valence electrons. The number of nitrogen functional groups attached to an aromatic ring is 1. The van der Waals surface area contributed by atoms with E-state index in [-0.39, 0.29) is 6.04 Å². The minimum atomic E-state index is 0.166. The third kappa shape index (κ3) is 2.14. The third-order valence-electron chi connectivity index (χ3n) is 3.56. The van der Waals surface area contributed by atoms with E-state index in [0.717, 1.165) is 17.5 Å². The smallest absolute Gasteiger partial charge is 0.201 e. The molecule has 3 rings (SSSR count). The molecule has 0 aliphatic heterocycles. The molecule has 0 bridgehead atoms. The lowest BCUT2D eigenvalue weighted by molar-refractivity contribution is 0.589. The maximum Gasteiger partial charge on any atom is 0.201 e. The van der Waals surface area contributed by atoms with Crippen LogP contribution in [0.25, 0.3) is 11.0 Å². The highest BCUT2D eigenvalue weighted by molar-refractivity contribution is 6.31. The van der Waals surface area contributed by atoms with Crippen LogP contribution in [0.1, 0.15) is 24.9 Å². The fourth-order valence-electron chi connectivity index (χ4n) is 2.65. The van der Waals surface area contributed by atoms with Gasteiger partial charge in [0.25, 0.3) is 0 Å². The van der Waals surface area contributed by atoms with E-state index in [2.05, 4.69) is 28.6 Å². The number of anilines is 1. The van der Waals surface area contributed by atoms with Gasteiger partial charge in [-0.1, -0.05) is 48.9 Å². The Hall–Kier alpha value is -2.00. The number of benzene rings is 2. The van der Waals surface area contributed by atoms with Gasteiger partial charge in [0.2, 0.25) is 5.95 Å². The summed E-state index contributed by atoms with van der Waals surface area (Å²) in [6.45, 7) is 2.15. The van der Waals surface area contributed by atoms with Crippen molar-refractivity contribution in [3.05, 3.63) is 59.1 Å². The SMILES string of the molecule is CCC(c1ccccc1)n1c(N)nc2ccc(Cl)cc21. The van der Waals surface area contributed by atoms with Crippen LogP contribution in [0, 0.1) is 0 Å². The van der Waals surface area contributed by atoms with Crippen LogP contribution >= 0.6 is 11.6 Å². The van der Waals surface area contributed by atoms with Crippen LogP contribution < -0.4 is 5.73 Å². The van der Waals surface area contributed by atoms with Gasteiger partial charge in [0.1, 0.15) is 0 Å². The summed E-state index contributed by atoms with van der Waals surface area (Å²) in [6.07, 6.45) is 0.937. The summed E-state index contributed by atoms with van der Waals surface area (Å²) in [7, 11) is 0. The highest BCUT2D eigenvalue weighted by Gasteiger charge is 2.18. The zero-order valence-electron chi connectivity index (χ0n) is 11.3. The molecule has 0 spiro atoms. The Morgan fingerprint density at radius 2 is 1.95 bits per heavy atom. The first-order valence-electron chi connectivity index (χ1n) is 6.68. The molecule has 0 aliphatic rings. The first kappa shape index (κ1) is 13.0. The lowest BCUT2D eigenvalue weighted by Crippen LogP contribution is -2.12. The third-order valence-corrected chi connectivity index (χ3v) is 3.80. The highest BCUT2D eigenvalue weighted by atomic mass is 35.5. The standard InChI is InChI=1S/C16H16ClN3/c1-2-14(11-6-4-3-5-7-11)20-15-10-12(17)8-9-13(15)19-16(20)18/h3-10,14H,2H2,1H3,(H2,18,19). The Balaban J connectivity index is 2.21. The van der Waals surface area contributed by atoms with E-state index >= 15 is 0 Å². The molecule has 3 aromatic rings. The Kier molecular flexibility index (Phi) is 3.36. The lowest BCUT2D eigenvalue weighted by Gasteiger charge is -2.19. The molecule has 20 heavy (non-hydrogen) atoms. The Morgan fingerprint density at radius 1 is 1.20 bits per heavy atom. The molecular formula is C16H16ClN3. The number of nitrogens with two attached hydrogens (primary N) is 1. The molecule has 0 amide bonds. The van der Waals surface area contributed by atoms with Crippen molar-refractivity contribution in [3.8, 4) is 0 Å². The molecule has 0 radical (unpaired) electrons. The number of hydrogen-bond donors (Lipinski definition) is 1. The van der Waals surface area contributed by atoms with Crippen molar-refractivity contribution in [1.29, 1.82) is 0 Å². The van der Waals surface area contributed by atoms with E-state index in [9.17, 15) is 0 Å². The molecule has 1 unspecified atom stereocenters. The number of imidazole rings is 1. The number of nitrogens with zero attached hydrogens (tertiary/aromatic N) is 2. The van der Waals surface area contributed by atoms with Gasteiger partial charge in [0, 0.05) is 5.02 Å². The average Bonchev–Trinajstić information content (AvgIpc) is 2.77. The molecule has 0 saturated heterocycles. The number of fused-ring (bicyclic) bond motifs is 1. The molecule has 3 nitrogen and oxygen atoms in total. The lowest BCUT2D eigenvalue weighted by atomic mass is 10.0. The largest absolute Gasteiger partial charge is 0.369 e. The van der Waals surface area contributed by atoms with Gasteiger partial charge in [-0.15, -0.1) is 0 Å². The van der Waals surface area contributed by atoms with Crippen LogP contribution in [0.3, 0.4) is 0 Å². The van der Waals surface area contributed by atoms with Crippen LogP contribution in [0.2, 0.25) is 5.02 Å². The maximum absolute atomic E-state index is 6.13. The van der Waals surface area contributed by atoms with Gasteiger partial charge in [0.15, 0.2) is 0 Å². The summed E-state index contributed by atoms with van der Waals surface area (Å²) in [5, 5.41) is 0.696. The van der Waals surface area contributed by atoms with Crippen molar-refractivity contribution in [1.82, 2.24) is 9.55 Å². The zero-order chi connectivity index (χ0) is 14.1. The minimum Gasteiger partial charge on any atom is -0.369 e. The summed E-state index contributed by atoms with van der Waals surface area (Å²) in [5.74, 6) is 0.526. The number of halogens is 1. The molecule has 2 N–H and O–H groups in total. The van der Waals surface area contributed by atoms with Crippen LogP contribution in [0.15, 0.2) is 48.5 Å². The Labute approximate surface area is 123 Å². The van der Waals surface area contributed by atoms with Crippen molar-refractivity contribution in [2.75, 3.05) is 5.73 Å². The second-order valence-corrected chi connectivity index (χ2v) is 5.24. The van der Waals surface area contributed by atoms with Crippen molar-refractivity contribution < 1.29 is 0 Å². The fourth-order valence-corrected chi connectivity index (χ4v) is 2.82. The number of hydrogen-bond acceptors (Lipinski definition) is 2. The van der Waals surface area contributed by atoms with Gasteiger partial charge in [-0.3, -0.25) is 0 Å². The second kappa shape index (κ2) is 5.17. The highest BCUT2D eigenvalue weighted by Crippen LogP contribution is 2.30. The van der Waals surface area contributed by atoms with Gasteiger partial charge in [-0.05, 0) is 30.2 Å². The summed E-state index contributed by atoms with van der Waals surface area (Å²) in [4.78, 5) is 4.43. The molecule has 0 aliphatic carbocycles. The molecule has 2 aromatic carbocycles. The minimum absolute atomic E-state index is 0.166. The van der Waals surface area contributed by atoms with E-state index in [1.54, 1.807) is 0 Å². The molecule has 4 heteroatoms. The van der Waals surface area contributed by atoms with E-state index in [0.29, 0.717) is 11.0 Å². The second-order valence-electron chi connectivity index (χ2n) is 4.81. The van der Waals surface area contributed by atoms with Crippen molar-refractivity contribution in [2.45, 2.75) is 19.4 Å². The van der Waals surface area contributed by atoms with Crippen LogP contribution in [-0.4, -0.2) is 9.55 Å². The van der Waals surface area contributed by atoms with Gasteiger partial charge in [0.05, 0.1) is 17.1 Å². The van der Waals surface area contributed by atoms with Crippen LogP contribution in [-0.2, 0) is 0 Å².